The van der Waals surface area contributed by atoms with E-state index in [0.717, 1.165) is 0 Å². The van der Waals surface area contributed by atoms with Crippen LogP contribution in [-0.2, 0) is 8.89 Å². The van der Waals surface area contributed by atoms with Crippen molar-refractivity contribution in [2.45, 2.75) is 49.1 Å². The van der Waals surface area contributed by atoms with Crippen LogP contribution in [0.25, 0.3) is 11.0 Å². The van der Waals surface area contributed by atoms with Gasteiger partial charge in [0.1, 0.15) is 0 Å². The molecule has 26 heavy (non-hydrogen) atoms. The van der Waals surface area contributed by atoms with Gasteiger partial charge in [-0.15, -0.1) is 0 Å². The van der Waals surface area contributed by atoms with Crippen LogP contribution in [0.15, 0.2) is 24.3 Å². The third-order valence-corrected chi connectivity index (χ3v) is 81.1. The fraction of sp³-hybridized carbons (Fsp3) is 0.579. The van der Waals surface area contributed by atoms with E-state index in [1.54, 1.807) is 61.3 Å². The predicted octanol–water partition coefficient (Wildman–Crippen LogP) is 3.30. The number of nitrogens with two attached hydrogens (primary N) is 1. The number of rotatable bonds is 0. The van der Waals surface area contributed by atoms with Crippen molar-refractivity contribution in [1.29, 1.82) is 0 Å². The number of fused-ring (bicyclic) bond motifs is 11. The zero-order valence-electron chi connectivity index (χ0n) is 14.5. The number of nitrogen functional groups attached to an aromatic ring is 1. The normalized spacial score (nSPS) is 77.8. The molecule has 133 valence electrons. The molecule has 1 aromatic carbocycles. The first-order valence-electron chi connectivity index (χ1n) is 10.5. The van der Waals surface area contributed by atoms with E-state index in [9.17, 15) is 10.4 Å². The van der Waals surface area contributed by atoms with Gasteiger partial charge in [0.05, 0.1) is 0 Å². The van der Waals surface area contributed by atoms with Crippen molar-refractivity contribution in [2.24, 2.45) is 0 Å². The van der Waals surface area contributed by atoms with Gasteiger partial charge in [0.25, 0.3) is 5.52 Å². The summed E-state index contributed by atoms with van der Waals surface area (Å²) in [5.41, 5.74) is 5.62. The van der Waals surface area contributed by atoms with Crippen molar-refractivity contribution in [2.75, 3.05) is 5.73 Å². The van der Waals surface area contributed by atoms with Crippen LogP contribution in [0.2, 0.25) is 42.2 Å². The Labute approximate surface area is 137 Å². The Bertz CT molecular complexity index is 1280. The van der Waals surface area contributed by atoms with Gasteiger partial charge < -0.3 is 10.4 Å². The first kappa shape index (κ1) is 12.1. The summed E-state index contributed by atoms with van der Waals surface area (Å²) >= 11 is 0. The zero-order chi connectivity index (χ0) is 17.5. The van der Waals surface area contributed by atoms with Crippen LogP contribution in [-0.4, -0.2) is 5.10 Å². The Balaban J connectivity index is 0.0000000780. The summed E-state index contributed by atoms with van der Waals surface area (Å²) in [6, 6.07) is 6.31. The SMILES string of the molecule is Nc1n[n+]([O-])c2ccccc2[n+]1[O-].[CH2]C.[CH]12[CH]3[CH]4[CH]5[CH]1[Ti]23451678[CH]2[CH]1[CH]6[CH]7[CH]28. The van der Waals surface area contributed by atoms with Gasteiger partial charge in [-0.25, -0.2) is 4.73 Å². The summed E-state index contributed by atoms with van der Waals surface area (Å²) in [6.45, 7) is 5.00. The molecule has 10 aliphatic heterocycles. The molecule has 0 aliphatic carbocycles. The molecule has 1 radical (unpaired) electrons. The molecular weight excluding hydrogens is 364 g/mol. The van der Waals surface area contributed by atoms with Crippen LogP contribution in [0.3, 0.4) is 0 Å². The average molecular weight is 385 g/mol. The minimum absolute atomic E-state index is 0.201. The number of hydrogen-bond acceptors (Lipinski definition) is 4. The molecule has 2 N–H and O–H groups in total. The molecule has 6 nitrogen and oxygen atoms in total. The average Bonchev–Trinajstić information content (AvgIpc) is 3.61. The number of hydrogen-bond donors (Lipinski definition) is 1. The molecule has 1 aromatic heterocycles. The fourth-order valence-corrected chi connectivity index (χ4v) is 144. The number of nitrogens with zero attached hydrogens (tertiary/aromatic N) is 3. The van der Waals surface area contributed by atoms with Crippen molar-refractivity contribution in [3.63, 3.8) is 0 Å². The summed E-state index contributed by atoms with van der Waals surface area (Å²) in [5.74, 6) is -0.353. The van der Waals surface area contributed by atoms with E-state index >= 15 is 0 Å². The van der Waals surface area contributed by atoms with E-state index in [0.29, 0.717) is 9.58 Å². The summed E-state index contributed by atoms with van der Waals surface area (Å²) in [6.07, 6.45) is 0. The Morgan fingerprint density at radius 1 is 0.846 bits per heavy atom. The van der Waals surface area contributed by atoms with E-state index in [-0.39, 0.29) is 17.0 Å². The second-order valence-electron chi connectivity index (χ2n) is 15.3. The van der Waals surface area contributed by atoms with Gasteiger partial charge in [0.2, 0.25) is 5.10 Å². The molecule has 0 amide bonds. The van der Waals surface area contributed by atoms with Gasteiger partial charge in [-0.3, -0.25) is 5.73 Å². The second-order valence-corrected chi connectivity index (χ2v) is 49.1. The molecule has 0 unspecified atom stereocenters. The second kappa shape index (κ2) is 1.38. The first-order chi connectivity index (χ1) is 12.4. The van der Waals surface area contributed by atoms with E-state index < -0.39 is 8.89 Å². The number of aromatic nitrogens is 3. The quantitative estimate of drug-likeness (QED) is 0.428. The molecule has 10 aliphatic rings. The summed E-state index contributed by atoms with van der Waals surface area (Å²) in [4.78, 5) is 0.332. The van der Waals surface area contributed by atoms with Gasteiger partial charge in [0.15, 0.2) is 5.52 Å². The standard InChI is InChI=1S/C7H6N4O2.2C5H5.C2H5.Ti/c8-7-9-11(13)6-4-2-1-3-5(6)10(7)12;2*1-2-4-5-3-1;1-2;/h1-4H,(H2,8,9);2*1-5H;1H2,2H3;. The predicted molar refractivity (Wildman–Crippen MR) is 92.6 cm³/mol. The van der Waals surface area contributed by atoms with Crippen molar-refractivity contribution < 1.29 is 18.5 Å². The van der Waals surface area contributed by atoms with Crippen molar-refractivity contribution in [3.05, 3.63) is 41.6 Å². The zero-order valence-corrected chi connectivity index (χ0v) is 16.1. The molecule has 2 aromatic rings. The van der Waals surface area contributed by atoms with Crippen LogP contribution in [0.1, 0.15) is 6.92 Å². The maximum atomic E-state index is 11.3. The maximum absolute atomic E-state index is 11.3. The van der Waals surface area contributed by atoms with E-state index in [4.69, 9.17) is 5.73 Å². The van der Waals surface area contributed by atoms with Gasteiger partial charge >= 0.3 is 57.1 Å². The molecule has 10 fully saturated rings. The van der Waals surface area contributed by atoms with E-state index in [2.05, 4.69) is 12.0 Å². The van der Waals surface area contributed by atoms with Crippen LogP contribution < -0.4 is 15.3 Å². The van der Waals surface area contributed by atoms with Gasteiger partial charge in [0, 0.05) is 10.9 Å². The molecule has 7 heteroatoms. The van der Waals surface area contributed by atoms with Gasteiger partial charge in [-0.05, 0) is 6.07 Å². The minimum atomic E-state index is -2.63. The topological polar surface area (TPSA) is 92.8 Å². The Morgan fingerprint density at radius 3 is 1.58 bits per heavy atom. The Morgan fingerprint density at radius 2 is 1.23 bits per heavy atom. The van der Waals surface area contributed by atoms with Crippen molar-refractivity contribution >= 4 is 17.0 Å². The third kappa shape index (κ3) is 0.207. The molecule has 1 spiro atoms. The van der Waals surface area contributed by atoms with Gasteiger partial charge in [-0.2, -0.15) is 0 Å². The number of anilines is 1. The van der Waals surface area contributed by atoms with Crippen molar-refractivity contribution in [1.82, 2.24) is 5.10 Å². The Hall–Kier alpha value is -1.40. The van der Waals surface area contributed by atoms with Crippen molar-refractivity contribution in [3.8, 4) is 0 Å². The summed E-state index contributed by atoms with van der Waals surface area (Å²) in [7, 11) is -2.63. The summed E-state index contributed by atoms with van der Waals surface area (Å²) < 4.78 is 16.6. The number of benzene rings is 1. The van der Waals surface area contributed by atoms with Gasteiger partial charge in [-0.1, -0.05) is 26.0 Å². The Kier molecular flexibility index (Phi) is 0.643. The molecule has 0 saturated carbocycles. The molecule has 10 saturated heterocycles. The van der Waals surface area contributed by atoms with E-state index in [1.807, 2.05) is 0 Å². The molecule has 12 rings (SSSR count). The molecular formula is C19H21N4O2Ti. The molecule has 0 bridgehead atoms. The third-order valence-electron chi connectivity index (χ3n) is 21.8. The van der Waals surface area contributed by atoms with Crippen LogP contribution in [0.5, 0.6) is 0 Å². The summed E-state index contributed by atoms with van der Waals surface area (Å²) in [5, 5.41) is 25.7. The monoisotopic (exact) mass is 385 g/mol. The first-order valence-corrected chi connectivity index (χ1v) is 19.5. The van der Waals surface area contributed by atoms with Crippen LogP contribution in [0.4, 0.5) is 5.95 Å². The molecule has 11 heterocycles. The van der Waals surface area contributed by atoms with Crippen LogP contribution >= 0.6 is 0 Å². The number of para-hydroxylation sites is 2. The van der Waals surface area contributed by atoms with E-state index in [1.165, 1.54) is 12.1 Å². The molecule has 0 atom stereocenters. The van der Waals surface area contributed by atoms with Crippen LogP contribution in [0, 0.1) is 17.3 Å². The fourth-order valence-electron chi connectivity index (χ4n) is 24.3.